The fraction of sp³-hybridized carbons (Fsp3) is 0.0833. The summed E-state index contributed by atoms with van der Waals surface area (Å²) in [4.78, 5) is 8.62. The van der Waals surface area contributed by atoms with Gasteiger partial charge in [-0.25, -0.2) is 4.98 Å². The van der Waals surface area contributed by atoms with Crippen molar-refractivity contribution in [1.29, 1.82) is 0 Å². The van der Waals surface area contributed by atoms with Crippen LogP contribution in [-0.2, 0) is 6.37 Å². The van der Waals surface area contributed by atoms with Crippen molar-refractivity contribution in [3.8, 4) is 11.3 Å². The Morgan fingerprint density at radius 1 is 0.926 bits per heavy atom. The Labute approximate surface area is 164 Å². The van der Waals surface area contributed by atoms with Gasteiger partial charge in [0, 0.05) is 35.1 Å². The first kappa shape index (κ1) is 11.3. The number of fused-ring (bicyclic) bond motifs is 3. The molecule has 130 valence electrons. The molecular weight excluding hydrogens is 332 g/mol. The maximum absolute atomic E-state index is 8.62. The Bertz CT molecular complexity index is 1440. The summed E-state index contributed by atoms with van der Waals surface area (Å²) in [7, 11) is 0. The molecule has 0 radical (unpaired) electrons. The van der Waals surface area contributed by atoms with Gasteiger partial charge in [-0.05, 0) is 66.8 Å². The summed E-state index contributed by atoms with van der Waals surface area (Å²) in [6, 6.07) is 21.2. The number of nitrogens with zero attached hydrogens (tertiary/aromatic N) is 2. The Hall–Kier alpha value is -3.46. The molecule has 27 heavy (non-hydrogen) atoms. The Morgan fingerprint density at radius 3 is 2.74 bits per heavy atom. The second kappa shape index (κ2) is 6.36. The molecule has 0 saturated heterocycles. The Balaban J connectivity index is 1.59. The molecule has 0 saturated carbocycles. The van der Waals surface area contributed by atoms with E-state index in [9.17, 15) is 0 Å². The van der Waals surface area contributed by atoms with E-state index in [1.165, 1.54) is 6.07 Å². The largest absolute Gasteiger partial charge is 0.438 e. The summed E-state index contributed by atoms with van der Waals surface area (Å²) in [6.07, 6.45) is -0.0613. The summed E-state index contributed by atoms with van der Waals surface area (Å²) >= 11 is 0. The molecule has 2 aromatic carbocycles. The van der Waals surface area contributed by atoms with Crippen LogP contribution in [0.5, 0.6) is 0 Å². The van der Waals surface area contributed by atoms with Crippen LogP contribution in [0.4, 0.5) is 0 Å². The first-order valence-corrected chi connectivity index (χ1v) is 8.60. The molecule has 0 bridgehead atoms. The van der Waals surface area contributed by atoms with E-state index in [1.807, 2.05) is 30.3 Å². The van der Waals surface area contributed by atoms with Crippen molar-refractivity contribution in [3.05, 3.63) is 95.8 Å². The molecular formula is C24H18N2O. The monoisotopic (exact) mass is 355 g/mol. The minimum Gasteiger partial charge on any atom is -0.438 e. The van der Waals surface area contributed by atoms with Gasteiger partial charge in [-0.2, -0.15) is 0 Å². The average Bonchev–Trinajstić information content (AvgIpc) is 3.16. The van der Waals surface area contributed by atoms with Crippen LogP contribution in [0, 0.1) is 6.85 Å². The van der Waals surface area contributed by atoms with Gasteiger partial charge < -0.3 is 4.42 Å². The highest BCUT2D eigenvalue weighted by molar-refractivity contribution is 6.04. The van der Waals surface area contributed by atoms with E-state index in [2.05, 4.69) is 9.97 Å². The summed E-state index contributed by atoms with van der Waals surface area (Å²) in [5, 5.41) is 1.51. The van der Waals surface area contributed by atoms with Gasteiger partial charge in [0.25, 0.3) is 0 Å². The number of benzene rings is 2. The van der Waals surface area contributed by atoms with E-state index in [-0.39, 0.29) is 11.4 Å². The van der Waals surface area contributed by atoms with E-state index in [4.69, 9.17) is 11.3 Å². The lowest BCUT2D eigenvalue weighted by Crippen LogP contribution is -1.91. The predicted octanol–water partition coefficient (Wildman–Crippen LogP) is 5.94. The minimum absolute atomic E-state index is 0.0122. The molecule has 5 rings (SSSR count). The maximum Gasteiger partial charge on any atom is 0.227 e. The second-order valence-electron chi connectivity index (χ2n) is 6.28. The third-order valence-electron chi connectivity index (χ3n) is 4.45. The van der Waals surface area contributed by atoms with E-state index >= 15 is 0 Å². The van der Waals surface area contributed by atoms with Gasteiger partial charge in [-0.1, -0.05) is 30.3 Å². The fourth-order valence-electron chi connectivity index (χ4n) is 3.17. The third kappa shape index (κ3) is 2.97. The quantitative estimate of drug-likeness (QED) is 0.402. The predicted molar refractivity (Wildman–Crippen MR) is 109 cm³/mol. The van der Waals surface area contributed by atoms with Crippen molar-refractivity contribution in [2.45, 2.75) is 13.2 Å². The van der Waals surface area contributed by atoms with Crippen LogP contribution in [-0.4, -0.2) is 9.97 Å². The highest BCUT2D eigenvalue weighted by Gasteiger charge is 2.10. The zero-order valence-corrected chi connectivity index (χ0v) is 14.3. The minimum atomic E-state index is -2.31. The van der Waals surface area contributed by atoms with Gasteiger partial charge in [0.05, 0.1) is 5.69 Å². The first-order valence-electron chi connectivity index (χ1n) is 11.1. The number of rotatable bonds is 3. The molecule has 3 heterocycles. The highest BCUT2D eigenvalue weighted by Crippen LogP contribution is 2.31. The third-order valence-corrected chi connectivity index (χ3v) is 4.45. The lowest BCUT2D eigenvalue weighted by atomic mass is 10.0. The van der Waals surface area contributed by atoms with Crippen LogP contribution >= 0.6 is 0 Å². The van der Waals surface area contributed by atoms with E-state index < -0.39 is 13.2 Å². The second-order valence-corrected chi connectivity index (χ2v) is 6.28. The molecule has 0 spiro atoms. The van der Waals surface area contributed by atoms with Gasteiger partial charge in [-0.3, -0.25) is 4.98 Å². The van der Waals surface area contributed by atoms with Crippen molar-refractivity contribution in [2.24, 2.45) is 0 Å². The summed E-state index contributed by atoms with van der Waals surface area (Å²) in [5.41, 5.74) is 3.36. The van der Waals surface area contributed by atoms with Crippen LogP contribution in [0.15, 0.2) is 83.4 Å². The van der Waals surface area contributed by atoms with E-state index in [0.29, 0.717) is 27.8 Å². The smallest absolute Gasteiger partial charge is 0.227 e. The van der Waals surface area contributed by atoms with Crippen LogP contribution in [0.1, 0.15) is 23.7 Å². The van der Waals surface area contributed by atoms with Crippen LogP contribution in [0.25, 0.3) is 33.3 Å². The topological polar surface area (TPSA) is 38.9 Å². The van der Waals surface area contributed by atoms with E-state index in [1.54, 1.807) is 42.6 Å². The maximum atomic E-state index is 8.62. The summed E-state index contributed by atoms with van der Waals surface area (Å²) in [6.45, 7) is -2.31. The Kier molecular flexibility index (Phi) is 2.66. The van der Waals surface area contributed by atoms with Gasteiger partial charge in [0.15, 0.2) is 0 Å². The van der Waals surface area contributed by atoms with Crippen molar-refractivity contribution in [3.63, 3.8) is 0 Å². The molecule has 0 unspecified atom stereocenters. The van der Waals surface area contributed by atoms with Crippen molar-refractivity contribution in [1.82, 2.24) is 9.97 Å². The number of aryl methyl sites for hydroxylation is 1. The number of furan rings is 1. The summed E-state index contributed by atoms with van der Waals surface area (Å²) in [5.74, 6) is 0. The lowest BCUT2D eigenvalue weighted by molar-refractivity contribution is 0.652. The first-order chi connectivity index (χ1) is 15.2. The molecule has 0 atom stereocenters. The SMILES string of the molecule is [2H]C([2H])([2H])c1ccc2c(n1)oc1ccc(-c3cc(C([2H])([2H])c4ccccc4)ccn3)cc12. The van der Waals surface area contributed by atoms with Gasteiger partial charge in [0.1, 0.15) is 5.58 Å². The van der Waals surface area contributed by atoms with E-state index in [0.717, 1.165) is 10.9 Å². The summed E-state index contributed by atoms with van der Waals surface area (Å²) < 4.78 is 45.7. The number of pyridine rings is 2. The number of hydrogen-bond acceptors (Lipinski definition) is 3. The van der Waals surface area contributed by atoms with Crippen molar-refractivity contribution < 1.29 is 11.3 Å². The van der Waals surface area contributed by atoms with Crippen molar-refractivity contribution >= 4 is 22.1 Å². The average molecular weight is 355 g/mol. The molecule has 0 fully saturated rings. The van der Waals surface area contributed by atoms with Crippen molar-refractivity contribution in [2.75, 3.05) is 0 Å². The zero-order chi connectivity index (χ0) is 22.5. The highest BCUT2D eigenvalue weighted by atomic mass is 16.3. The van der Waals surface area contributed by atoms with Gasteiger partial charge in [0.2, 0.25) is 5.71 Å². The molecule has 0 N–H and O–H groups in total. The fourth-order valence-corrected chi connectivity index (χ4v) is 3.17. The molecule has 0 aliphatic rings. The lowest BCUT2D eigenvalue weighted by Gasteiger charge is -2.05. The molecule has 3 nitrogen and oxygen atoms in total. The standard InChI is InChI=1S/C24H18N2O/c1-16-7-9-20-21-15-19(8-10-23(21)27-24(20)26-16)22-14-18(11-12-25-22)13-17-5-3-2-4-6-17/h2-12,14-15H,13H2,1H3/i1D3,13D2. The van der Waals surface area contributed by atoms with Crippen LogP contribution < -0.4 is 0 Å². The molecule has 5 aromatic rings. The van der Waals surface area contributed by atoms with Gasteiger partial charge in [-0.15, -0.1) is 0 Å². The van der Waals surface area contributed by atoms with Gasteiger partial charge >= 0.3 is 0 Å². The normalized spacial score (nSPS) is 15.0. The Morgan fingerprint density at radius 2 is 1.85 bits per heavy atom. The zero-order valence-electron chi connectivity index (χ0n) is 19.3. The molecule has 0 aliphatic heterocycles. The van der Waals surface area contributed by atoms with Crippen LogP contribution in [0.3, 0.4) is 0 Å². The molecule has 3 heteroatoms. The molecule has 3 aromatic heterocycles. The number of aromatic nitrogens is 2. The molecule has 0 amide bonds. The number of hydrogen-bond donors (Lipinski definition) is 0. The molecule has 0 aliphatic carbocycles. The van der Waals surface area contributed by atoms with Crippen LogP contribution in [0.2, 0.25) is 0 Å².